The second-order valence-electron chi connectivity index (χ2n) is 3.70. The van der Waals surface area contributed by atoms with Gasteiger partial charge in [0.25, 0.3) is 0 Å². The van der Waals surface area contributed by atoms with E-state index in [2.05, 4.69) is 5.32 Å². The van der Waals surface area contributed by atoms with E-state index in [0.29, 0.717) is 0 Å². The van der Waals surface area contributed by atoms with Gasteiger partial charge in [-0.3, -0.25) is 4.79 Å². The monoisotopic (exact) mass is 206 g/mol. The average molecular weight is 206 g/mol. The minimum atomic E-state index is -0.491. The minimum Gasteiger partial charge on any atom is -0.493 e. The van der Waals surface area contributed by atoms with Crippen molar-refractivity contribution in [1.29, 1.82) is 0 Å². The van der Waals surface area contributed by atoms with E-state index in [4.69, 9.17) is 10.5 Å². The van der Waals surface area contributed by atoms with Gasteiger partial charge in [0.2, 0.25) is 5.91 Å². The Balaban J connectivity index is 2.13. The molecule has 15 heavy (non-hydrogen) atoms. The van der Waals surface area contributed by atoms with Crippen LogP contribution in [0.3, 0.4) is 0 Å². The molecule has 1 aromatic rings. The van der Waals surface area contributed by atoms with Gasteiger partial charge in [0.1, 0.15) is 5.75 Å². The lowest BCUT2D eigenvalue weighted by atomic mass is 10.1. The molecule has 1 heterocycles. The molecule has 1 amide bonds. The van der Waals surface area contributed by atoms with E-state index < -0.39 is 6.04 Å². The molecule has 0 saturated heterocycles. The van der Waals surface area contributed by atoms with Crippen LogP contribution in [0.25, 0.3) is 0 Å². The van der Waals surface area contributed by atoms with Crippen molar-refractivity contribution in [3.8, 4) is 5.75 Å². The van der Waals surface area contributed by atoms with Crippen LogP contribution in [0.4, 0.5) is 5.69 Å². The molecule has 0 spiro atoms. The zero-order chi connectivity index (χ0) is 10.8. The first kappa shape index (κ1) is 9.98. The molecule has 0 unspecified atom stereocenters. The van der Waals surface area contributed by atoms with Crippen LogP contribution >= 0.6 is 0 Å². The molecule has 1 aliphatic heterocycles. The minimum absolute atomic E-state index is 0.172. The van der Waals surface area contributed by atoms with Gasteiger partial charge < -0.3 is 15.8 Å². The van der Waals surface area contributed by atoms with Crippen molar-refractivity contribution in [1.82, 2.24) is 0 Å². The SMILES string of the molecule is C[C@H](N)C(=O)Nc1ccc2c(c1)CCO2. The van der Waals surface area contributed by atoms with Gasteiger partial charge in [-0.15, -0.1) is 0 Å². The quantitative estimate of drug-likeness (QED) is 0.755. The van der Waals surface area contributed by atoms with E-state index >= 15 is 0 Å². The number of hydrogen-bond donors (Lipinski definition) is 2. The predicted octanol–water partition coefficient (Wildman–Crippen LogP) is 0.907. The van der Waals surface area contributed by atoms with Crippen LogP contribution < -0.4 is 15.8 Å². The zero-order valence-corrected chi connectivity index (χ0v) is 8.62. The van der Waals surface area contributed by atoms with E-state index in [0.717, 1.165) is 30.0 Å². The summed E-state index contributed by atoms with van der Waals surface area (Å²) >= 11 is 0. The summed E-state index contributed by atoms with van der Waals surface area (Å²) in [6.07, 6.45) is 0.900. The number of benzene rings is 1. The molecule has 80 valence electrons. The normalized spacial score (nSPS) is 15.3. The molecule has 1 aliphatic rings. The van der Waals surface area contributed by atoms with Crippen molar-refractivity contribution in [3.05, 3.63) is 23.8 Å². The molecule has 0 aromatic heterocycles. The Kier molecular flexibility index (Phi) is 2.60. The molecule has 0 radical (unpaired) electrons. The Morgan fingerprint density at radius 3 is 3.13 bits per heavy atom. The summed E-state index contributed by atoms with van der Waals surface area (Å²) in [5.74, 6) is 0.739. The van der Waals surface area contributed by atoms with Gasteiger partial charge >= 0.3 is 0 Å². The van der Waals surface area contributed by atoms with Crippen LogP contribution in [0.2, 0.25) is 0 Å². The van der Waals surface area contributed by atoms with Crippen LogP contribution in [-0.2, 0) is 11.2 Å². The summed E-state index contributed by atoms with van der Waals surface area (Å²) in [6.45, 7) is 2.38. The number of rotatable bonds is 2. The van der Waals surface area contributed by atoms with E-state index in [1.165, 1.54) is 0 Å². The molecule has 0 fully saturated rings. The zero-order valence-electron chi connectivity index (χ0n) is 8.62. The number of fused-ring (bicyclic) bond motifs is 1. The molecule has 0 bridgehead atoms. The summed E-state index contributed by atoms with van der Waals surface area (Å²) < 4.78 is 5.37. The molecule has 1 atom stereocenters. The molecule has 4 nitrogen and oxygen atoms in total. The smallest absolute Gasteiger partial charge is 0.240 e. The van der Waals surface area contributed by atoms with Crippen LogP contribution in [0.5, 0.6) is 5.75 Å². The number of nitrogens with one attached hydrogen (secondary N) is 1. The van der Waals surface area contributed by atoms with E-state index in [9.17, 15) is 4.79 Å². The number of ether oxygens (including phenoxy) is 1. The molecule has 4 heteroatoms. The number of amides is 1. The second-order valence-corrected chi connectivity index (χ2v) is 3.70. The Morgan fingerprint density at radius 1 is 1.60 bits per heavy atom. The maximum atomic E-state index is 11.3. The number of carbonyl (C=O) groups is 1. The molecule has 0 saturated carbocycles. The second kappa shape index (κ2) is 3.90. The summed E-state index contributed by atoms with van der Waals surface area (Å²) in [7, 11) is 0. The Morgan fingerprint density at radius 2 is 2.40 bits per heavy atom. The highest BCUT2D eigenvalue weighted by Crippen LogP contribution is 2.27. The van der Waals surface area contributed by atoms with Crippen molar-refractivity contribution in [2.45, 2.75) is 19.4 Å². The fourth-order valence-electron chi connectivity index (χ4n) is 1.52. The Labute approximate surface area is 88.4 Å². The van der Waals surface area contributed by atoms with Gasteiger partial charge in [-0.25, -0.2) is 0 Å². The van der Waals surface area contributed by atoms with Crippen molar-refractivity contribution < 1.29 is 9.53 Å². The van der Waals surface area contributed by atoms with E-state index in [-0.39, 0.29) is 5.91 Å². The standard InChI is InChI=1S/C11H14N2O2/c1-7(12)11(14)13-9-2-3-10-8(6-9)4-5-15-10/h2-3,6-7H,4-5,12H2,1H3,(H,13,14)/t7-/m0/s1. The van der Waals surface area contributed by atoms with Gasteiger partial charge in [0.05, 0.1) is 12.6 Å². The molecule has 3 N–H and O–H groups in total. The van der Waals surface area contributed by atoms with E-state index in [1.807, 2.05) is 18.2 Å². The van der Waals surface area contributed by atoms with Gasteiger partial charge in [0.15, 0.2) is 0 Å². The molecule has 1 aromatic carbocycles. The summed E-state index contributed by atoms with van der Waals surface area (Å²) in [5, 5.41) is 2.75. The maximum absolute atomic E-state index is 11.3. The highest BCUT2D eigenvalue weighted by molar-refractivity contribution is 5.94. The van der Waals surface area contributed by atoms with Gasteiger partial charge in [-0.1, -0.05) is 0 Å². The summed E-state index contributed by atoms with van der Waals surface area (Å²) in [6, 6.07) is 5.14. The lowest BCUT2D eigenvalue weighted by molar-refractivity contribution is -0.117. The number of hydrogen-bond acceptors (Lipinski definition) is 3. The largest absolute Gasteiger partial charge is 0.493 e. The number of nitrogens with two attached hydrogens (primary N) is 1. The van der Waals surface area contributed by atoms with Crippen molar-refractivity contribution in [3.63, 3.8) is 0 Å². The highest BCUT2D eigenvalue weighted by atomic mass is 16.5. The van der Waals surface area contributed by atoms with Crippen LogP contribution in [-0.4, -0.2) is 18.6 Å². The van der Waals surface area contributed by atoms with Crippen LogP contribution in [0, 0.1) is 0 Å². The third kappa shape index (κ3) is 2.10. The van der Waals surface area contributed by atoms with Crippen LogP contribution in [0.15, 0.2) is 18.2 Å². The molecular formula is C11H14N2O2. The first-order valence-corrected chi connectivity index (χ1v) is 4.99. The van der Waals surface area contributed by atoms with E-state index in [1.54, 1.807) is 6.92 Å². The lowest BCUT2D eigenvalue weighted by Gasteiger charge is -2.08. The Bertz CT molecular complexity index is 388. The van der Waals surface area contributed by atoms with Crippen LogP contribution in [0.1, 0.15) is 12.5 Å². The predicted molar refractivity (Wildman–Crippen MR) is 57.9 cm³/mol. The third-order valence-electron chi connectivity index (χ3n) is 2.37. The third-order valence-corrected chi connectivity index (χ3v) is 2.37. The van der Waals surface area contributed by atoms with Gasteiger partial charge in [0, 0.05) is 12.1 Å². The number of carbonyl (C=O) groups excluding carboxylic acids is 1. The number of anilines is 1. The fraction of sp³-hybridized carbons (Fsp3) is 0.364. The highest BCUT2D eigenvalue weighted by Gasteiger charge is 2.13. The molecule has 2 rings (SSSR count). The maximum Gasteiger partial charge on any atom is 0.240 e. The summed E-state index contributed by atoms with van der Waals surface area (Å²) in [4.78, 5) is 11.3. The topological polar surface area (TPSA) is 64.4 Å². The average Bonchev–Trinajstić information content (AvgIpc) is 2.64. The first-order chi connectivity index (χ1) is 7.16. The first-order valence-electron chi connectivity index (χ1n) is 4.99. The fourth-order valence-corrected chi connectivity index (χ4v) is 1.52. The molecule has 0 aliphatic carbocycles. The van der Waals surface area contributed by atoms with Gasteiger partial charge in [-0.2, -0.15) is 0 Å². The lowest BCUT2D eigenvalue weighted by Crippen LogP contribution is -2.32. The van der Waals surface area contributed by atoms with Gasteiger partial charge in [-0.05, 0) is 30.7 Å². The van der Waals surface area contributed by atoms with Crippen molar-refractivity contribution >= 4 is 11.6 Å². The summed E-state index contributed by atoms with van der Waals surface area (Å²) in [5.41, 5.74) is 7.38. The Hall–Kier alpha value is -1.55. The van der Waals surface area contributed by atoms with Crippen molar-refractivity contribution in [2.75, 3.05) is 11.9 Å². The molecular weight excluding hydrogens is 192 g/mol. The van der Waals surface area contributed by atoms with Crippen molar-refractivity contribution in [2.24, 2.45) is 5.73 Å².